The van der Waals surface area contributed by atoms with E-state index in [1.807, 2.05) is 31.7 Å². The number of aromatic amines is 1. The van der Waals surface area contributed by atoms with Gasteiger partial charge >= 0.3 is 0 Å². The van der Waals surface area contributed by atoms with Crippen LogP contribution in [0.2, 0.25) is 0 Å². The third-order valence-electron chi connectivity index (χ3n) is 7.00. The Hall–Kier alpha value is -2.72. The van der Waals surface area contributed by atoms with E-state index in [4.69, 9.17) is 0 Å². The van der Waals surface area contributed by atoms with Gasteiger partial charge < -0.3 is 14.8 Å². The van der Waals surface area contributed by atoms with Gasteiger partial charge in [-0.1, -0.05) is 19.9 Å². The highest BCUT2D eigenvalue weighted by Gasteiger charge is 2.41. The Labute approximate surface area is 200 Å². The molecule has 182 valence electrons. The van der Waals surface area contributed by atoms with Gasteiger partial charge in [0.2, 0.25) is 15.9 Å². The first-order valence-electron chi connectivity index (χ1n) is 11.9. The monoisotopic (exact) mass is 484 g/mol. The van der Waals surface area contributed by atoms with Crippen LogP contribution in [-0.4, -0.2) is 64.9 Å². The summed E-state index contributed by atoms with van der Waals surface area (Å²) in [5.41, 5.74) is 1.03. The molecule has 2 aromatic heterocycles. The number of rotatable bonds is 5. The normalized spacial score (nSPS) is 22.6. The molecule has 1 amide bonds. The Balaban J connectivity index is 1.51. The SMILES string of the molecule is CC(C)C(=O)N1[C@H](C)CN(c2ncnc3[nH]c4cc(S(=O)(=O)NC5(C)CC5)ccc4c23)C[C@@H]1C. The van der Waals surface area contributed by atoms with Gasteiger partial charge in [-0.2, -0.15) is 0 Å². The van der Waals surface area contributed by atoms with Crippen LogP contribution in [0.25, 0.3) is 21.9 Å². The molecule has 10 heteroatoms. The van der Waals surface area contributed by atoms with E-state index in [0.717, 1.165) is 29.4 Å². The van der Waals surface area contributed by atoms with E-state index < -0.39 is 10.0 Å². The van der Waals surface area contributed by atoms with E-state index in [0.29, 0.717) is 24.3 Å². The fraction of sp³-hybridized carbons (Fsp3) is 0.542. The molecule has 34 heavy (non-hydrogen) atoms. The summed E-state index contributed by atoms with van der Waals surface area (Å²) in [4.78, 5) is 29.5. The predicted molar refractivity (Wildman–Crippen MR) is 132 cm³/mol. The molecule has 2 atom stereocenters. The summed E-state index contributed by atoms with van der Waals surface area (Å²) >= 11 is 0. The summed E-state index contributed by atoms with van der Waals surface area (Å²) < 4.78 is 28.6. The van der Waals surface area contributed by atoms with Crippen LogP contribution in [0.1, 0.15) is 47.5 Å². The summed E-state index contributed by atoms with van der Waals surface area (Å²) in [7, 11) is -3.60. The Morgan fingerprint density at radius 1 is 1.18 bits per heavy atom. The highest BCUT2D eigenvalue weighted by atomic mass is 32.2. The molecule has 3 aromatic rings. The summed E-state index contributed by atoms with van der Waals surface area (Å²) in [6.07, 6.45) is 3.24. The van der Waals surface area contributed by atoms with Crippen molar-refractivity contribution in [1.82, 2.24) is 24.6 Å². The summed E-state index contributed by atoms with van der Waals surface area (Å²) in [6, 6.07) is 5.22. The number of hydrogen-bond acceptors (Lipinski definition) is 6. The highest BCUT2D eigenvalue weighted by Crippen LogP contribution is 2.37. The lowest BCUT2D eigenvalue weighted by Crippen LogP contribution is -2.59. The van der Waals surface area contributed by atoms with Crippen molar-refractivity contribution in [2.45, 2.75) is 70.0 Å². The zero-order chi connectivity index (χ0) is 24.4. The maximum absolute atomic E-state index is 12.9. The van der Waals surface area contributed by atoms with E-state index in [9.17, 15) is 13.2 Å². The lowest BCUT2D eigenvalue weighted by atomic mass is 10.0. The van der Waals surface area contributed by atoms with Crippen LogP contribution < -0.4 is 9.62 Å². The number of carbonyl (C=O) groups excluding carboxylic acids is 1. The minimum absolute atomic E-state index is 0.0421. The second kappa shape index (κ2) is 7.91. The van der Waals surface area contributed by atoms with Crippen molar-refractivity contribution >= 4 is 43.7 Å². The van der Waals surface area contributed by atoms with Gasteiger partial charge in [0, 0.05) is 47.5 Å². The molecule has 1 aliphatic carbocycles. The van der Waals surface area contributed by atoms with Gasteiger partial charge in [-0.05, 0) is 45.7 Å². The minimum Gasteiger partial charge on any atom is -0.352 e. The van der Waals surface area contributed by atoms with Crippen LogP contribution in [0, 0.1) is 5.92 Å². The number of benzene rings is 1. The molecule has 0 bridgehead atoms. The van der Waals surface area contributed by atoms with Crippen LogP contribution in [-0.2, 0) is 14.8 Å². The molecule has 1 aliphatic heterocycles. The largest absolute Gasteiger partial charge is 0.352 e. The maximum atomic E-state index is 12.9. The maximum Gasteiger partial charge on any atom is 0.241 e. The molecule has 1 saturated heterocycles. The molecule has 0 spiro atoms. The van der Waals surface area contributed by atoms with Gasteiger partial charge in [0.25, 0.3) is 0 Å². The molecular weight excluding hydrogens is 452 g/mol. The molecule has 5 rings (SSSR count). The van der Waals surface area contributed by atoms with Crippen molar-refractivity contribution in [2.24, 2.45) is 5.92 Å². The Morgan fingerprint density at radius 3 is 2.47 bits per heavy atom. The van der Waals surface area contributed by atoms with Crippen molar-refractivity contribution in [3.63, 3.8) is 0 Å². The van der Waals surface area contributed by atoms with E-state index in [1.165, 1.54) is 6.33 Å². The van der Waals surface area contributed by atoms with Crippen molar-refractivity contribution < 1.29 is 13.2 Å². The molecule has 0 unspecified atom stereocenters. The molecule has 2 fully saturated rings. The van der Waals surface area contributed by atoms with Crippen LogP contribution >= 0.6 is 0 Å². The second-order valence-electron chi connectivity index (χ2n) is 10.4. The minimum atomic E-state index is -3.60. The van der Waals surface area contributed by atoms with Gasteiger partial charge in [-0.25, -0.2) is 23.1 Å². The smallest absolute Gasteiger partial charge is 0.241 e. The Morgan fingerprint density at radius 2 is 1.85 bits per heavy atom. The molecule has 2 N–H and O–H groups in total. The topological polar surface area (TPSA) is 111 Å². The lowest BCUT2D eigenvalue weighted by molar-refractivity contribution is -0.139. The highest BCUT2D eigenvalue weighted by molar-refractivity contribution is 7.89. The van der Waals surface area contributed by atoms with Gasteiger partial charge in [0.1, 0.15) is 17.8 Å². The van der Waals surface area contributed by atoms with Gasteiger partial charge in [0.15, 0.2) is 0 Å². The number of aromatic nitrogens is 3. The van der Waals surface area contributed by atoms with E-state index in [2.05, 4.69) is 38.4 Å². The second-order valence-corrected chi connectivity index (χ2v) is 12.1. The van der Waals surface area contributed by atoms with Crippen LogP contribution in [0.4, 0.5) is 5.82 Å². The third-order valence-corrected chi connectivity index (χ3v) is 8.63. The Bertz CT molecular complexity index is 1370. The average Bonchev–Trinajstić information content (AvgIpc) is 3.35. The first-order valence-corrected chi connectivity index (χ1v) is 13.3. The van der Waals surface area contributed by atoms with Gasteiger partial charge in [-0.15, -0.1) is 0 Å². The number of amides is 1. The van der Waals surface area contributed by atoms with Crippen LogP contribution in [0.15, 0.2) is 29.4 Å². The number of nitrogens with zero attached hydrogens (tertiary/aromatic N) is 4. The lowest BCUT2D eigenvalue weighted by Gasteiger charge is -2.45. The Kier molecular flexibility index (Phi) is 5.36. The number of sulfonamides is 1. The molecule has 9 nitrogen and oxygen atoms in total. The molecule has 0 radical (unpaired) electrons. The predicted octanol–water partition coefficient (Wildman–Crippen LogP) is 3.02. The van der Waals surface area contributed by atoms with Crippen LogP contribution in [0.3, 0.4) is 0 Å². The third kappa shape index (κ3) is 3.92. The molecule has 3 heterocycles. The summed E-state index contributed by atoms with van der Waals surface area (Å²) in [5.74, 6) is 0.922. The fourth-order valence-electron chi connectivity index (χ4n) is 5.00. The summed E-state index contributed by atoms with van der Waals surface area (Å²) in [5, 5.41) is 1.75. The van der Waals surface area contributed by atoms with Gasteiger partial charge in [-0.3, -0.25) is 4.79 Å². The van der Waals surface area contributed by atoms with Crippen molar-refractivity contribution in [1.29, 1.82) is 0 Å². The number of piperazine rings is 1. The van der Waals surface area contributed by atoms with Crippen molar-refractivity contribution in [2.75, 3.05) is 18.0 Å². The van der Waals surface area contributed by atoms with Gasteiger partial charge in [0.05, 0.1) is 10.3 Å². The number of anilines is 1. The molecule has 2 aliphatic rings. The summed E-state index contributed by atoms with van der Waals surface area (Å²) in [6.45, 7) is 11.3. The van der Waals surface area contributed by atoms with Crippen LogP contribution in [0.5, 0.6) is 0 Å². The number of fused-ring (bicyclic) bond motifs is 3. The van der Waals surface area contributed by atoms with Crippen molar-refractivity contribution in [3.8, 4) is 0 Å². The van der Waals surface area contributed by atoms with E-state index >= 15 is 0 Å². The number of H-pyrrole nitrogens is 1. The zero-order valence-corrected chi connectivity index (χ0v) is 21.1. The van der Waals surface area contributed by atoms with E-state index in [-0.39, 0.29) is 34.3 Å². The quantitative estimate of drug-likeness (QED) is 0.576. The number of nitrogens with one attached hydrogen (secondary N) is 2. The first kappa shape index (κ1) is 23.0. The molecule has 1 saturated carbocycles. The van der Waals surface area contributed by atoms with E-state index in [1.54, 1.807) is 12.1 Å². The zero-order valence-electron chi connectivity index (χ0n) is 20.3. The standard InChI is InChI=1S/C24H32N6O3S/c1-14(2)23(31)30-15(3)11-29(12-16(30)4)22-20-18-7-6-17(34(32,33)28-24(5)8-9-24)10-19(18)27-21(20)25-13-26-22/h6-7,10,13-16,28H,8-9,11-12H2,1-5H3,(H,25,26,27)/t15-,16+. The number of carbonyl (C=O) groups is 1. The fourth-order valence-corrected chi connectivity index (χ4v) is 6.49. The molecule has 1 aromatic carbocycles. The molecular formula is C24H32N6O3S. The average molecular weight is 485 g/mol. The first-order chi connectivity index (χ1) is 16.0. The van der Waals surface area contributed by atoms with Crippen molar-refractivity contribution in [3.05, 3.63) is 24.5 Å². The number of hydrogen-bond donors (Lipinski definition) is 2.